The van der Waals surface area contributed by atoms with Gasteiger partial charge in [0.05, 0.1) is 40.7 Å². The zero-order valence-electron chi connectivity index (χ0n) is 27.6. The van der Waals surface area contributed by atoms with E-state index in [4.69, 9.17) is 9.47 Å². The molecule has 4 rings (SSSR count). The highest BCUT2D eigenvalue weighted by Gasteiger charge is 2.33. The molecule has 0 saturated carbocycles. The van der Waals surface area contributed by atoms with E-state index in [0.29, 0.717) is 35.0 Å². The van der Waals surface area contributed by atoms with Gasteiger partial charge in [-0.3, -0.25) is 9.59 Å². The lowest BCUT2D eigenvalue weighted by atomic mass is 10.0. The first-order chi connectivity index (χ1) is 23.1. The molecule has 49 heavy (non-hydrogen) atoms. The van der Waals surface area contributed by atoms with Gasteiger partial charge in [0.15, 0.2) is 0 Å². The van der Waals surface area contributed by atoms with Crippen LogP contribution in [0, 0.1) is 0 Å². The number of benzene rings is 2. The van der Waals surface area contributed by atoms with Crippen molar-refractivity contribution in [2.24, 2.45) is 0 Å². The lowest BCUT2D eigenvalue weighted by molar-refractivity contribution is -0.115. The van der Waals surface area contributed by atoms with Crippen LogP contribution >= 0.6 is 23.1 Å². The number of carboxylic acid groups (broad SMARTS) is 2. The quantitative estimate of drug-likeness (QED) is 0.128. The molecule has 0 saturated heterocycles. The van der Waals surface area contributed by atoms with Gasteiger partial charge in [0.1, 0.15) is 10.6 Å². The van der Waals surface area contributed by atoms with Crippen molar-refractivity contribution in [3.63, 3.8) is 0 Å². The van der Waals surface area contributed by atoms with E-state index in [2.05, 4.69) is 10.6 Å². The van der Waals surface area contributed by atoms with Gasteiger partial charge in [0.25, 0.3) is 5.91 Å². The zero-order chi connectivity index (χ0) is 36.0. The topological polar surface area (TPSA) is 189 Å². The molecule has 15 heteroatoms. The number of thiophene rings is 1. The van der Waals surface area contributed by atoms with Crippen LogP contribution in [0.15, 0.2) is 47.4 Å². The number of carboxylic acids is 2. The average molecular weight is 712 g/mol. The molecule has 1 aliphatic rings. The average Bonchev–Trinajstić information content (AvgIpc) is 3.39. The molecule has 260 valence electrons. The number of amides is 3. The van der Waals surface area contributed by atoms with Gasteiger partial charge in [0, 0.05) is 22.0 Å². The van der Waals surface area contributed by atoms with Crippen molar-refractivity contribution >= 4 is 69.6 Å². The SMILES string of the molecule is CCOC(=O)c1c(NC(=O)C(CC)Sc2cccc(NC(=O)c3ccc(C(=O)O)cc3C(=O)O)c2)sc2c1CCN(C(=O)OC(C)(C)C)C2. The van der Waals surface area contributed by atoms with Crippen LogP contribution in [0.2, 0.25) is 0 Å². The number of ether oxygens (including phenoxy) is 2. The summed E-state index contributed by atoms with van der Waals surface area (Å²) < 4.78 is 10.8. The maximum atomic E-state index is 13.6. The van der Waals surface area contributed by atoms with E-state index in [1.54, 1.807) is 56.9 Å². The molecule has 0 radical (unpaired) electrons. The number of nitrogens with zero attached hydrogens (tertiary/aromatic N) is 1. The third-order valence-electron chi connectivity index (χ3n) is 7.20. The van der Waals surface area contributed by atoms with E-state index in [9.17, 15) is 39.0 Å². The van der Waals surface area contributed by atoms with Crippen LogP contribution in [0.25, 0.3) is 0 Å². The van der Waals surface area contributed by atoms with E-state index >= 15 is 0 Å². The van der Waals surface area contributed by atoms with E-state index in [1.807, 2.05) is 6.92 Å². The summed E-state index contributed by atoms with van der Waals surface area (Å²) >= 11 is 2.45. The molecule has 13 nitrogen and oxygen atoms in total. The number of nitrogens with one attached hydrogen (secondary N) is 2. The molecule has 2 heterocycles. The predicted octanol–water partition coefficient (Wildman–Crippen LogP) is 6.38. The Morgan fingerprint density at radius 1 is 0.980 bits per heavy atom. The number of anilines is 2. The number of carbonyl (C=O) groups is 6. The third-order valence-corrected chi connectivity index (χ3v) is 9.69. The second-order valence-corrected chi connectivity index (χ2v) is 14.3. The lowest BCUT2D eigenvalue weighted by Crippen LogP contribution is -2.39. The molecule has 0 bridgehead atoms. The Morgan fingerprint density at radius 2 is 1.71 bits per heavy atom. The highest BCUT2D eigenvalue weighted by Crippen LogP contribution is 2.39. The Bertz CT molecular complexity index is 1800. The van der Waals surface area contributed by atoms with Crippen LogP contribution in [0.3, 0.4) is 0 Å². The van der Waals surface area contributed by atoms with E-state index in [-0.39, 0.29) is 35.7 Å². The van der Waals surface area contributed by atoms with Gasteiger partial charge < -0.3 is 35.2 Å². The van der Waals surface area contributed by atoms with Crippen molar-refractivity contribution in [3.8, 4) is 0 Å². The second-order valence-electron chi connectivity index (χ2n) is 11.9. The van der Waals surface area contributed by atoms with E-state index in [0.717, 1.165) is 28.6 Å². The summed E-state index contributed by atoms with van der Waals surface area (Å²) in [6, 6.07) is 9.84. The summed E-state index contributed by atoms with van der Waals surface area (Å²) in [7, 11) is 0. The molecular weight excluding hydrogens is 675 g/mol. The van der Waals surface area contributed by atoms with Crippen LogP contribution in [-0.2, 0) is 27.2 Å². The normalized spacial score (nSPS) is 13.1. The molecule has 1 unspecified atom stereocenters. The van der Waals surface area contributed by atoms with Gasteiger partial charge in [-0.25, -0.2) is 19.2 Å². The van der Waals surface area contributed by atoms with Crippen molar-refractivity contribution in [1.82, 2.24) is 4.90 Å². The van der Waals surface area contributed by atoms with Crippen LogP contribution < -0.4 is 10.6 Å². The molecule has 1 aromatic heterocycles. The lowest BCUT2D eigenvalue weighted by Gasteiger charge is -2.30. The first-order valence-electron chi connectivity index (χ1n) is 15.4. The number of carbonyl (C=O) groups excluding carboxylic acids is 4. The summed E-state index contributed by atoms with van der Waals surface area (Å²) in [5.41, 5.74) is -0.274. The number of hydrogen-bond donors (Lipinski definition) is 4. The van der Waals surface area contributed by atoms with Crippen molar-refractivity contribution in [2.75, 3.05) is 23.8 Å². The zero-order valence-corrected chi connectivity index (χ0v) is 29.2. The Balaban J connectivity index is 1.51. The number of rotatable bonds is 11. The number of hydrogen-bond acceptors (Lipinski definition) is 10. The maximum absolute atomic E-state index is 13.6. The number of aromatic carboxylic acids is 2. The Labute approximate surface area is 291 Å². The fourth-order valence-corrected chi connectivity index (χ4v) is 7.24. The molecule has 1 aliphatic heterocycles. The second kappa shape index (κ2) is 15.6. The van der Waals surface area contributed by atoms with E-state index in [1.165, 1.54) is 23.1 Å². The van der Waals surface area contributed by atoms with Crippen molar-refractivity contribution in [1.29, 1.82) is 0 Å². The Kier molecular flexibility index (Phi) is 11.7. The molecule has 0 fully saturated rings. The Hall–Kier alpha value is -4.89. The van der Waals surface area contributed by atoms with Crippen molar-refractivity contribution in [3.05, 3.63) is 75.2 Å². The smallest absolute Gasteiger partial charge is 0.410 e. The van der Waals surface area contributed by atoms with Crippen molar-refractivity contribution in [2.45, 2.75) is 69.8 Å². The standard InChI is InChI=1S/C34H37N3O10S2/c1-6-24(48-20-10-8-9-19(16-20)35-27(38)21-12-11-18(30(40)41)15-23(21)31(42)43)28(39)36-29-26(32(44)46-7-2)22-13-14-37(17-25(22)49-29)33(45)47-34(3,4)5/h8-12,15-16,24H,6-7,13-14,17H2,1-5H3,(H,35,38)(H,36,39)(H,40,41)(H,42,43). The van der Waals surface area contributed by atoms with Gasteiger partial charge in [-0.05, 0) is 82.5 Å². The molecule has 1 atom stereocenters. The molecule has 0 aliphatic carbocycles. The van der Waals surface area contributed by atoms with Gasteiger partial charge >= 0.3 is 24.0 Å². The Morgan fingerprint density at radius 3 is 2.35 bits per heavy atom. The van der Waals surface area contributed by atoms with Crippen LogP contribution in [-0.4, -0.2) is 74.9 Å². The first kappa shape index (κ1) is 36.9. The summed E-state index contributed by atoms with van der Waals surface area (Å²) in [5.74, 6) is -4.45. The summed E-state index contributed by atoms with van der Waals surface area (Å²) in [4.78, 5) is 78.4. The van der Waals surface area contributed by atoms with Crippen LogP contribution in [0.4, 0.5) is 15.5 Å². The molecule has 2 aromatic carbocycles. The van der Waals surface area contributed by atoms with Crippen molar-refractivity contribution < 1.29 is 48.5 Å². The fourth-order valence-electron chi connectivity index (χ4n) is 4.97. The largest absolute Gasteiger partial charge is 0.478 e. The van der Waals surface area contributed by atoms with Crippen LogP contribution in [0.1, 0.15) is 92.9 Å². The third kappa shape index (κ3) is 9.18. The van der Waals surface area contributed by atoms with Gasteiger partial charge in [-0.1, -0.05) is 13.0 Å². The highest BCUT2D eigenvalue weighted by molar-refractivity contribution is 8.00. The molecule has 4 N–H and O–H groups in total. The minimum atomic E-state index is -1.45. The minimum Gasteiger partial charge on any atom is -0.478 e. The first-order valence-corrected chi connectivity index (χ1v) is 17.1. The predicted molar refractivity (Wildman–Crippen MR) is 184 cm³/mol. The molecule has 0 spiro atoms. The van der Waals surface area contributed by atoms with E-state index < -0.39 is 46.3 Å². The summed E-state index contributed by atoms with van der Waals surface area (Å²) in [6.07, 6.45) is 0.336. The molecule has 3 amide bonds. The monoisotopic (exact) mass is 711 g/mol. The fraction of sp³-hybridized carbons (Fsp3) is 0.353. The minimum absolute atomic E-state index is 0.145. The summed E-state index contributed by atoms with van der Waals surface area (Å²) in [6.45, 7) is 9.59. The van der Waals surface area contributed by atoms with Gasteiger partial charge in [-0.2, -0.15) is 0 Å². The highest BCUT2D eigenvalue weighted by atomic mass is 32.2. The van der Waals surface area contributed by atoms with Crippen LogP contribution in [0.5, 0.6) is 0 Å². The number of fused-ring (bicyclic) bond motifs is 1. The van der Waals surface area contributed by atoms with Gasteiger partial charge in [0.2, 0.25) is 5.91 Å². The summed E-state index contributed by atoms with van der Waals surface area (Å²) in [5, 5.41) is 24.0. The van der Waals surface area contributed by atoms with Gasteiger partial charge in [-0.15, -0.1) is 23.1 Å². The maximum Gasteiger partial charge on any atom is 0.410 e. The molecule has 3 aromatic rings. The number of esters is 1. The number of thioether (sulfide) groups is 1. The molecular formula is C34H37N3O10S2.